The monoisotopic (exact) mass is 255 g/mol. The third-order valence-electron chi connectivity index (χ3n) is 3.00. The lowest BCUT2D eigenvalue weighted by Gasteiger charge is -2.11. The number of rotatable bonds is 3. The van der Waals surface area contributed by atoms with Crippen molar-refractivity contribution < 1.29 is 9.21 Å². The summed E-state index contributed by atoms with van der Waals surface area (Å²) in [5.41, 5.74) is 2.28. The number of hydrogen-bond acceptors (Lipinski definition) is 3. The zero-order valence-electron chi connectivity index (χ0n) is 10.4. The number of benzene rings is 1. The van der Waals surface area contributed by atoms with Gasteiger partial charge in [-0.1, -0.05) is 0 Å². The second-order valence-electron chi connectivity index (χ2n) is 4.35. The third-order valence-corrected chi connectivity index (χ3v) is 3.00. The molecule has 2 aromatic heterocycles. The van der Waals surface area contributed by atoms with Gasteiger partial charge in [-0.05, 0) is 37.3 Å². The van der Waals surface area contributed by atoms with Gasteiger partial charge in [-0.2, -0.15) is 0 Å². The summed E-state index contributed by atoms with van der Waals surface area (Å²) in [6.45, 7) is 1.88. The molecule has 0 saturated carbocycles. The average Bonchev–Trinajstić information content (AvgIpc) is 3.09. The molecule has 96 valence electrons. The van der Waals surface area contributed by atoms with Crippen molar-refractivity contribution in [1.29, 1.82) is 0 Å². The van der Waals surface area contributed by atoms with Gasteiger partial charge in [0.2, 0.25) is 0 Å². The number of fused-ring (bicyclic) bond motifs is 1. The van der Waals surface area contributed by atoms with E-state index < -0.39 is 0 Å². The summed E-state index contributed by atoms with van der Waals surface area (Å²) in [5, 5.41) is 2.89. The number of aromatic nitrogens is 2. The molecule has 1 atom stereocenters. The molecule has 0 aliphatic heterocycles. The second-order valence-corrected chi connectivity index (χ2v) is 4.35. The van der Waals surface area contributed by atoms with Gasteiger partial charge in [0.15, 0.2) is 0 Å². The van der Waals surface area contributed by atoms with Gasteiger partial charge in [0.1, 0.15) is 5.76 Å². The topological polar surface area (TPSA) is 70.9 Å². The van der Waals surface area contributed by atoms with Crippen molar-refractivity contribution in [2.45, 2.75) is 13.0 Å². The molecule has 3 rings (SSSR count). The maximum absolute atomic E-state index is 12.1. The van der Waals surface area contributed by atoms with Gasteiger partial charge in [0.25, 0.3) is 5.91 Å². The van der Waals surface area contributed by atoms with E-state index in [1.165, 1.54) is 0 Å². The lowest BCUT2D eigenvalue weighted by atomic mass is 10.1. The Bertz CT molecular complexity index is 700. The minimum absolute atomic E-state index is 0.139. The fourth-order valence-electron chi connectivity index (χ4n) is 1.97. The molecule has 5 nitrogen and oxygen atoms in total. The Morgan fingerprint density at radius 3 is 3.11 bits per heavy atom. The van der Waals surface area contributed by atoms with E-state index in [1.807, 2.05) is 19.1 Å². The highest BCUT2D eigenvalue weighted by Gasteiger charge is 2.13. The van der Waals surface area contributed by atoms with E-state index in [2.05, 4.69) is 15.3 Å². The summed E-state index contributed by atoms with van der Waals surface area (Å²) in [6.07, 6.45) is 3.20. The minimum Gasteiger partial charge on any atom is -0.467 e. The highest BCUT2D eigenvalue weighted by atomic mass is 16.3. The number of H-pyrrole nitrogens is 1. The molecule has 0 bridgehead atoms. The van der Waals surface area contributed by atoms with Gasteiger partial charge < -0.3 is 14.7 Å². The third kappa shape index (κ3) is 2.22. The number of carbonyl (C=O) groups excluding carboxylic acids is 1. The van der Waals surface area contributed by atoms with Gasteiger partial charge >= 0.3 is 0 Å². The fourth-order valence-corrected chi connectivity index (χ4v) is 1.97. The number of imidazole rings is 1. The van der Waals surface area contributed by atoms with Crippen LogP contribution in [-0.4, -0.2) is 15.9 Å². The summed E-state index contributed by atoms with van der Waals surface area (Å²) in [6, 6.07) is 8.83. The van der Waals surface area contributed by atoms with Crippen LogP contribution in [0.1, 0.15) is 29.1 Å². The molecule has 19 heavy (non-hydrogen) atoms. The summed E-state index contributed by atoms with van der Waals surface area (Å²) in [5.74, 6) is 0.594. The van der Waals surface area contributed by atoms with E-state index in [4.69, 9.17) is 4.42 Å². The highest BCUT2D eigenvalue weighted by Crippen LogP contribution is 2.15. The van der Waals surface area contributed by atoms with Gasteiger partial charge in [-0.15, -0.1) is 0 Å². The van der Waals surface area contributed by atoms with Crippen LogP contribution in [-0.2, 0) is 0 Å². The summed E-state index contributed by atoms with van der Waals surface area (Å²) in [4.78, 5) is 19.2. The summed E-state index contributed by atoms with van der Waals surface area (Å²) >= 11 is 0. The summed E-state index contributed by atoms with van der Waals surface area (Å²) < 4.78 is 5.26. The molecule has 0 aliphatic carbocycles. The zero-order chi connectivity index (χ0) is 13.2. The van der Waals surface area contributed by atoms with Crippen molar-refractivity contribution in [2.24, 2.45) is 0 Å². The van der Waals surface area contributed by atoms with Crippen LogP contribution in [0.5, 0.6) is 0 Å². The van der Waals surface area contributed by atoms with Gasteiger partial charge in [0, 0.05) is 5.56 Å². The Morgan fingerprint density at radius 2 is 2.32 bits per heavy atom. The number of nitrogens with one attached hydrogen (secondary N) is 2. The molecule has 5 heteroatoms. The second kappa shape index (κ2) is 4.61. The molecule has 2 heterocycles. The predicted molar refractivity (Wildman–Crippen MR) is 70.7 cm³/mol. The van der Waals surface area contributed by atoms with E-state index in [0.29, 0.717) is 5.56 Å². The van der Waals surface area contributed by atoms with E-state index >= 15 is 0 Å². The van der Waals surface area contributed by atoms with Crippen molar-refractivity contribution in [2.75, 3.05) is 0 Å². The Morgan fingerprint density at radius 1 is 1.42 bits per heavy atom. The minimum atomic E-state index is -0.167. The standard InChI is InChI=1S/C14H13N3O2/c1-9(13-3-2-6-19-13)17-14(18)10-4-5-11-12(7-10)16-8-15-11/h2-9H,1H3,(H,15,16)(H,17,18). The van der Waals surface area contributed by atoms with Crippen LogP contribution in [0.3, 0.4) is 0 Å². The molecule has 1 aromatic carbocycles. The zero-order valence-corrected chi connectivity index (χ0v) is 10.4. The number of nitrogens with zero attached hydrogens (tertiary/aromatic N) is 1. The van der Waals surface area contributed by atoms with Crippen molar-refractivity contribution in [3.8, 4) is 0 Å². The van der Waals surface area contributed by atoms with Gasteiger partial charge in [-0.3, -0.25) is 4.79 Å². The summed E-state index contributed by atoms with van der Waals surface area (Å²) in [7, 11) is 0. The maximum atomic E-state index is 12.1. The molecule has 0 saturated heterocycles. The Hall–Kier alpha value is -2.56. The number of amides is 1. The van der Waals surface area contributed by atoms with Crippen LogP contribution in [0.15, 0.2) is 47.3 Å². The van der Waals surface area contributed by atoms with Crippen molar-refractivity contribution >= 4 is 16.9 Å². The predicted octanol–water partition coefficient (Wildman–Crippen LogP) is 2.65. The van der Waals surface area contributed by atoms with Crippen LogP contribution >= 0.6 is 0 Å². The molecule has 0 fully saturated rings. The number of aromatic amines is 1. The number of carbonyl (C=O) groups is 1. The molecule has 1 unspecified atom stereocenters. The SMILES string of the molecule is CC(NC(=O)c1ccc2nc[nH]c2c1)c1ccco1. The van der Waals surface area contributed by atoms with Crippen LogP contribution in [0.25, 0.3) is 11.0 Å². The molecule has 2 N–H and O–H groups in total. The number of furan rings is 1. The Kier molecular flexibility index (Phi) is 2.79. The van der Waals surface area contributed by atoms with Crippen molar-refractivity contribution in [3.63, 3.8) is 0 Å². The van der Waals surface area contributed by atoms with Crippen LogP contribution in [0.2, 0.25) is 0 Å². The van der Waals surface area contributed by atoms with Crippen LogP contribution < -0.4 is 5.32 Å². The molecule has 0 spiro atoms. The normalized spacial score (nSPS) is 12.5. The highest BCUT2D eigenvalue weighted by molar-refractivity contribution is 5.97. The van der Waals surface area contributed by atoms with Crippen molar-refractivity contribution in [3.05, 3.63) is 54.2 Å². The first-order chi connectivity index (χ1) is 9.24. The first-order valence-corrected chi connectivity index (χ1v) is 6.01. The Balaban J connectivity index is 1.79. The van der Waals surface area contributed by atoms with E-state index in [1.54, 1.807) is 30.8 Å². The van der Waals surface area contributed by atoms with Gasteiger partial charge in [0.05, 0.1) is 29.7 Å². The number of hydrogen-bond donors (Lipinski definition) is 2. The molecule has 0 radical (unpaired) electrons. The fraction of sp³-hybridized carbons (Fsp3) is 0.143. The lowest BCUT2D eigenvalue weighted by molar-refractivity contribution is 0.0935. The molecule has 3 aromatic rings. The largest absolute Gasteiger partial charge is 0.467 e. The van der Waals surface area contributed by atoms with Crippen LogP contribution in [0.4, 0.5) is 0 Å². The Labute approximate surface area is 109 Å². The first-order valence-electron chi connectivity index (χ1n) is 6.01. The lowest BCUT2D eigenvalue weighted by Crippen LogP contribution is -2.26. The first kappa shape index (κ1) is 11.5. The smallest absolute Gasteiger partial charge is 0.251 e. The van der Waals surface area contributed by atoms with Gasteiger partial charge in [-0.25, -0.2) is 4.98 Å². The van der Waals surface area contributed by atoms with E-state index in [9.17, 15) is 4.79 Å². The van der Waals surface area contributed by atoms with E-state index in [0.717, 1.165) is 16.8 Å². The molecular formula is C14H13N3O2. The maximum Gasteiger partial charge on any atom is 0.251 e. The molecule has 1 amide bonds. The quantitative estimate of drug-likeness (QED) is 0.755. The molecule has 0 aliphatic rings. The van der Waals surface area contributed by atoms with Crippen molar-refractivity contribution in [1.82, 2.24) is 15.3 Å². The molecular weight excluding hydrogens is 242 g/mol. The average molecular weight is 255 g/mol. The van der Waals surface area contributed by atoms with Crippen LogP contribution in [0, 0.1) is 0 Å². The van der Waals surface area contributed by atoms with E-state index in [-0.39, 0.29) is 11.9 Å².